The number of carboxylic acid groups (broad SMARTS) is 1. The Morgan fingerprint density at radius 1 is 1.23 bits per heavy atom. The molecule has 2 N–H and O–H groups in total. The highest BCUT2D eigenvalue weighted by Gasteiger charge is 2.37. The van der Waals surface area contributed by atoms with Crippen LogP contribution in [0.25, 0.3) is 0 Å². The van der Waals surface area contributed by atoms with E-state index in [2.05, 4.69) is 10.4 Å². The molecule has 0 unspecified atom stereocenters. The minimum Gasteiger partial charge on any atom is -0.497 e. The molecule has 1 aliphatic heterocycles. The van der Waals surface area contributed by atoms with Gasteiger partial charge >= 0.3 is 6.09 Å². The summed E-state index contributed by atoms with van der Waals surface area (Å²) in [4.78, 5) is 13.4. The van der Waals surface area contributed by atoms with Crippen molar-refractivity contribution >= 4 is 11.8 Å². The van der Waals surface area contributed by atoms with Gasteiger partial charge in [-0.2, -0.15) is 5.10 Å². The Kier molecular flexibility index (Phi) is 5.85. The van der Waals surface area contributed by atoms with E-state index in [9.17, 15) is 18.7 Å². The number of methoxy groups -OCH3 is 1. The lowest BCUT2D eigenvalue weighted by Gasteiger charge is -2.29. The van der Waals surface area contributed by atoms with Gasteiger partial charge in [0, 0.05) is 25.2 Å². The van der Waals surface area contributed by atoms with Crippen molar-refractivity contribution in [3.63, 3.8) is 0 Å². The summed E-state index contributed by atoms with van der Waals surface area (Å²) in [5.74, 6) is -1.45. The lowest BCUT2D eigenvalue weighted by atomic mass is 9.93. The van der Waals surface area contributed by atoms with E-state index in [0.29, 0.717) is 30.9 Å². The van der Waals surface area contributed by atoms with E-state index >= 15 is 0 Å². The normalized spacial score (nSPS) is 18.2. The van der Waals surface area contributed by atoms with Crippen LogP contribution in [0.2, 0.25) is 0 Å². The predicted molar refractivity (Wildman–Crippen MR) is 111 cm³/mol. The number of anilines is 1. The van der Waals surface area contributed by atoms with Crippen LogP contribution in [0.4, 0.5) is 19.3 Å². The molecule has 0 bridgehead atoms. The van der Waals surface area contributed by atoms with Crippen molar-refractivity contribution in [1.29, 1.82) is 0 Å². The van der Waals surface area contributed by atoms with Gasteiger partial charge in [0.05, 0.1) is 31.6 Å². The van der Waals surface area contributed by atoms with Gasteiger partial charge in [0.15, 0.2) is 11.6 Å². The Hall–Kier alpha value is -3.46. The molecule has 9 heteroatoms. The molecule has 1 aliphatic rings. The number of ether oxygens (including phenoxy) is 1. The highest BCUT2D eigenvalue weighted by Crippen LogP contribution is 2.31. The second kappa shape index (κ2) is 8.73. The quantitative estimate of drug-likeness (QED) is 0.629. The van der Waals surface area contributed by atoms with Crippen molar-refractivity contribution < 1.29 is 23.4 Å². The van der Waals surface area contributed by atoms with Gasteiger partial charge < -0.3 is 15.2 Å². The first-order chi connectivity index (χ1) is 15.0. The van der Waals surface area contributed by atoms with E-state index in [0.717, 1.165) is 23.4 Å². The highest BCUT2D eigenvalue weighted by molar-refractivity contribution is 5.86. The third-order valence-corrected chi connectivity index (χ3v) is 5.49. The molecule has 1 fully saturated rings. The van der Waals surface area contributed by atoms with Gasteiger partial charge in [-0.15, -0.1) is 0 Å². The van der Waals surface area contributed by atoms with Crippen LogP contribution in [-0.2, 0) is 6.54 Å². The van der Waals surface area contributed by atoms with Crippen LogP contribution in [-0.4, -0.2) is 47.2 Å². The van der Waals surface area contributed by atoms with Crippen LogP contribution >= 0.6 is 0 Å². The van der Waals surface area contributed by atoms with Gasteiger partial charge in [0.25, 0.3) is 0 Å². The third-order valence-electron chi connectivity index (χ3n) is 5.49. The van der Waals surface area contributed by atoms with Crippen LogP contribution in [0.15, 0.2) is 54.9 Å². The van der Waals surface area contributed by atoms with Crippen molar-refractivity contribution in [2.45, 2.75) is 18.5 Å². The maximum Gasteiger partial charge on any atom is 0.412 e. The minimum atomic E-state index is -1.13. The Balaban J connectivity index is 1.57. The van der Waals surface area contributed by atoms with Gasteiger partial charge in [0.1, 0.15) is 5.75 Å². The fraction of sp³-hybridized carbons (Fsp3) is 0.273. The molecule has 2 atom stereocenters. The van der Waals surface area contributed by atoms with Crippen molar-refractivity contribution in [1.82, 2.24) is 15.1 Å². The molecule has 31 heavy (non-hydrogen) atoms. The number of aromatic nitrogens is 2. The molecule has 2 aromatic carbocycles. The molecule has 3 aromatic rings. The Morgan fingerprint density at radius 2 is 2.00 bits per heavy atom. The monoisotopic (exact) mass is 428 g/mol. The summed E-state index contributed by atoms with van der Waals surface area (Å²) in [5, 5.41) is 17.4. The van der Waals surface area contributed by atoms with Crippen LogP contribution < -0.4 is 15.0 Å². The van der Waals surface area contributed by atoms with E-state index < -0.39 is 23.8 Å². The molecule has 0 spiro atoms. The summed E-state index contributed by atoms with van der Waals surface area (Å²) >= 11 is 0. The standard InChI is InChI=1S/C22H22F2N4O3/c1-31-17-5-2-14(3-6-17)12-27-13-16(9-26-27)28(22(29)30)21-11-25-10-18(21)15-4-7-19(23)20(24)8-15/h2-9,13,18,21,25H,10-12H2,1H3,(H,29,30)/t18-,21+/m0/s1. The molecule has 162 valence electrons. The number of nitrogens with zero attached hydrogens (tertiary/aromatic N) is 3. The first-order valence-corrected chi connectivity index (χ1v) is 9.79. The zero-order valence-corrected chi connectivity index (χ0v) is 16.8. The van der Waals surface area contributed by atoms with E-state index in [-0.39, 0.29) is 5.92 Å². The molecule has 0 radical (unpaired) electrons. The van der Waals surface area contributed by atoms with E-state index in [1.54, 1.807) is 18.0 Å². The second-order valence-electron chi connectivity index (χ2n) is 7.40. The van der Waals surface area contributed by atoms with E-state index in [1.165, 1.54) is 17.2 Å². The van der Waals surface area contributed by atoms with Crippen LogP contribution in [0.1, 0.15) is 17.0 Å². The predicted octanol–water partition coefficient (Wildman–Crippen LogP) is 3.46. The first kappa shape index (κ1) is 20.8. The number of hydrogen-bond donors (Lipinski definition) is 2. The zero-order chi connectivity index (χ0) is 22.0. The van der Waals surface area contributed by atoms with Crippen LogP contribution in [0.5, 0.6) is 5.75 Å². The van der Waals surface area contributed by atoms with Gasteiger partial charge in [-0.25, -0.2) is 13.6 Å². The highest BCUT2D eigenvalue weighted by atomic mass is 19.2. The average Bonchev–Trinajstić information content (AvgIpc) is 3.41. The average molecular weight is 428 g/mol. The third kappa shape index (κ3) is 4.36. The summed E-state index contributed by atoms with van der Waals surface area (Å²) in [6.07, 6.45) is 2.03. The van der Waals surface area contributed by atoms with E-state index in [4.69, 9.17) is 4.74 Å². The molecule has 0 saturated carbocycles. The van der Waals surface area contributed by atoms with Crippen molar-refractivity contribution in [2.24, 2.45) is 0 Å². The molecule has 1 aromatic heterocycles. The molecule has 4 rings (SSSR count). The molecule has 2 heterocycles. The molecular weight excluding hydrogens is 406 g/mol. The largest absolute Gasteiger partial charge is 0.497 e. The van der Waals surface area contributed by atoms with E-state index in [1.807, 2.05) is 24.3 Å². The Morgan fingerprint density at radius 3 is 2.68 bits per heavy atom. The SMILES string of the molecule is COc1ccc(Cn2cc(N(C(=O)O)[C@@H]3CNC[C@H]3c3ccc(F)c(F)c3)cn2)cc1. The number of carbonyl (C=O) groups is 1. The van der Waals surface area contributed by atoms with Crippen molar-refractivity contribution in [2.75, 3.05) is 25.1 Å². The number of halogens is 2. The first-order valence-electron chi connectivity index (χ1n) is 9.79. The molecular formula is C22H22F2N4O3. The summed E-state index contributed by atoms with van der Waals surface area (Å²) < 4.78 is 33.9. The summed E-state index contributed by atoms with van der Waals surface area (Å²) in [6.45, 7) is 1.31. The fourth-order valence-electron chi connectivity index (χ4n) is 3.94. The number of amides is 1. The lowest BCUT2D eigenvalue weighted by Crippen LogP contribution is -2.43. The zero-order valence-electron chi connectivity index (χ0n) is 16.8. The minimum absolute atomic E-state index is 0.323. The number of rotatable bonds is 6. The topological polar surface area (TPSA) is 79.6 Å². The molecule has 0 aliphatic carbocycles. The lowest BCUT2D eigenvalue weighted by molar-refractivity contribution is 0.199. The van der Waals surface area contributed by atoms with Crippen LogP contribution in [0.3, 0.4) is 0 Å². The summed E-state index contributed by atoms with van der Waals surface area (Å²) in [7, 11) is 1.60. The Bertz CT molecular complexity index is 1070. The van der Waals surface area contributed by atoms with Gasteiger partial charge in [-0.1, -0.05) is 18.2 Å². The number of nitrogens with one attached hydrogen (secondary N) is 1. The van der Waals surface area contributed by atoms with Crippen LogP contribution in [0, 0.1) is 11.6 Å². The maximum atomic E-state index is 13.8. The molecule has 1 saturated heterocycles. The number of hydrogen-bond acceptors (Lipinski definition) is 4. The van der Waals surface area contributed by atoms with Crippen molar-refractivity contribution in [3.05, 3.63) is 77.6 Å². The molecule has 7 nitrogen and oxygen atoms in total. The van der Waals surface area contributed by atoms with Gasteiger partial charge in [0.2, 0.25) is 0 Å². The summed E-state index contributed by atoms with van der Waals surface area (Å²) in [5.41, 5.74) is 1.95. The number of benzene rings is 2. The Labute approximate surface area is 177 Å². The van der Waals surface area contributed by atoms with Crippen molar-refractivity contribution in [3.8, 4) is 5.75 Å². The molecule has 1 amide bonds. The van der Waals surface area contributed by atoms with Gasteiger partial charge in [-0.05, 0) is 35.4 Å². The second-order valence-corrected chi connectivity index (χ2v) is 7.40. The summed E-state index contributed by atoms with van der Waals surface area (Å²) in [6, 6.07) is 10.7. The smallest absolute Gasteiger partial charge is 0.412 e. The fourth-order valence-corrected chi connectivity index (χ4v) is 3.94. The maximum absolute atomic E-state index is 13.8. The van der Waals surface area contributed by atoms with Gasteiger partial charge in [-0.3, -0.25) is 9.58 Å².